The Morgan fingerprint density at radius 3 is 2.62 bits per heavy atom. The second kappa shape index (κ2) is 8.88. The van der Waals surface area contributed by atoms with Gasteiger partial charge in [-0.05, 0) is 24.2 Å². The lowest BCUT2D eigenvalue weighted by molar-refractivity contribution is -0.122. The lowest BCUT2D eigenvalue weighted by atomic mass is 10.2. The number of amides is 1. The van der Waals surface area contributed by atoms with E-state index in [2.05, 4.69) is 11.2 Å². The number of hydrogen-bond acceptors (Lipinski definition) is 4. The number of likely N-dealkylation sites (N-methyl/N-ethyl adjacent to an activating group) is 1. The quantitative estimate of drug-likeness (QED) is 0.733. The van der Waals surface area contributed by atoms with Crippen LogP contribution in [0.2, 0.25) is 0 Å². The third kappa shape index (κ3) is 5.36. The molecule has 1 aromatic rings. The molecule has 1 aromatic carbocycles. The van der Waals surface area contributed by atoms with Gasteiger partial charge in [0.2, 0.25) is 5.91 Å². The zero-order chi connectivity index (χ0) is 15.7. The number of carbonyl (C=O) groups excluding carboxylic acids is 1. The van der Waals surface area contributed by atoms with E-state index >= 15 is 0 Å². The highest BCUT2D eigenvalue weighted by atomic mass is 16.5. The van der Waals surface area contributed by atoms with Gasteiger partial charge in [-0.25, -0.2) is 0 Å². The van der Waals surface area contributed by atoms with E-state index in [0.29, 0.717) is 24.6 Å². The summed E-state index contributed by atoms with van der Waals surface area (Å²) in [5, 5.41) is 2.66. The number of hydrogen-bond donors (Lipinski definition) is 1. The van der Waals surface area contributed by atoms with Crippen molar-refractivity contribution in [3.05, 3.63) is 23.8 Å². The van der Waals surface area contributed by atoms with Gasteiger partial charge in [0.25, 0.3) is 0 Å². The van der Waals surface area contributed by atoms with Gasteiger partial charge in [0.15, 0.2) is 11.5 Å². The normalized spacial score (nSPS) is 10.0. The minimum Gasteiger partial charge on any atom is -0.493 e. The Morgan fingerprint density at radius 2 is 2.05 bits per heavy atom. The largest absolute Gasteiger partial charge is 0.493 e. The summed E-state index contributed by atoms with van der Waals surface area (Å²) < 4.78 is 10.5. The molecule has 0 atom stereocenters. The van der Waals surface area contributed by atoms with Crippen molar-refractivity contribution in [2.75, 3.05) is 33.9 Å². The monoisotopic (exact) mass is 290 g/mol. The first-order valence-corrected chi connectivity index (χ1v) is 6.78. The third-order valence-corrected chi connectivity index (χ3v) is 3.06. The van der Waals surface area contributed by atoms with Gasteiger partial charge in [0, 0.05) is 6.54 Å². The molecule has 1 amide bonds. The van der Waals surface area contributed by atoms with E-state index in [4.69, 9.17) is 15.9 Å². The molecule has 0 aliphatic heterocycles. The number of methoxy groups -OCH3 is 2. The highest BCUT2D eigenvalue weighted by Crippen LogP contribution is 2.27. The highest BCUT2D eigenvalue weighted by molar-refractivity contribution is 5.78. The van der Waals surface area contributed by atoms with Crippen LogP contribution in [0.15, 0.2) is 18.2 Å². The first-order valence-electron chi connectivity index (χ1n) is 6.78. The molecule has 0 spiro atoms. The van der Waals surface area contributed by atoms with Crippen LogP contribution in [-0.4, -0.2) is 44.7 Å². The van der Waals surface area contributed by atoms with Crippen molar-refractivity contribution in [1.29, 1.82) is 0 Å². The predicted molar refractivity (Wildman–Crippen MR) is 82.3 cm³/mol. The summed E-state index contributed by atoms with van der Waals surface area (Å²) in [6.07, 6.45) is 5.12. The van der Waals surface area contributed by atoms with Gasteiger partial charge in [0.1, 0.15) is 0 Å². The SMILES string of the molecule is C#CCNC(=O)CN(CC)Cc1ccc(OC)c(OC)c1. The maximum Gasteiger partial charge on any atom is 0.234 e. The van der Waals surface area contributed by atoms with E-state index in [0.717, 1.165) is 12.1 Å². The van der Waals surface area contributed by atoms with Crippen LogP contribution in [0.1, 0.15) is 12.5 Å². The molecule has 0 saturated carbocycles. The lowest BCUT2D eigenvalue weighted by Gasteiger charge is -2.20. The molecule has 114 valence electrons. The van der Waals surface area contributed by atoms with Crippen molar-refractivity contribution in [1.82, 2.24) is 10.2 Å². The van der Waals surface area contributed by atoms with E-state index in [1.807, 2.05) is 30.0 Å². The maximum absolute atomic E-state index is 11.7. The Bertz CT molecular complexity index is 509. The van der Waals surface area contributed by atoms with Crippen molar-refractivity contribution < 1.29 is 14.3 Å². The zero-order valence-corrected chi connectivity index (χ0v) is 12.8. The summed E-state index contributed by atoms with van der Waals surface area (Å²) in [4.78, 5) is 13.7. The molecule has 1 N–H and O–H groups in total. The van der Waals surface area contributed by atoms with E-state index < -0.39 is 0 Å². The summed E-state index contributed by atoms with van der Waals surface area (Å²) in [6, 6.07) is 5.74. The number of ether oxygens (including phenoxy) is 2. The lowest BCUT2D eigenvalue weighted by Crippen LogP contribution is -2.36. The average molecular weight is 290 g/mol. The summed E-state index contributed by atoms with van der Waals surface area (Å²) >= 11 is 0. The minimum atomic E-state index is -0.0738. The highest BCUT2D eigenvalue weighted by Gasteiger charge is 2.11. The predicted octanol–water partition coefficient (Wildman–Crippen LogP) is 1.28. The van der Waals surface area contributed by atoms with Crippen LogP contribution in [-0.2, 0) is 11.3 Å². The van der Waals surface area contributed by atoms with Crippen LogP contribution >= 0.6 is 0 Å². The zero-order valence-electron chi connectivity index (χ0n) is 12.8. The van der Waals surface area contributed by atoms with Crippen molar-refractivity contribution in [2.24, 2.45) is 0 Å². The van der Waals surface area contributed by atoms with Gasteiger partial charge >= 0.3 is 0 Å². The Morgan fingerprint density at radius 1 is 1.33 bits per heavy atom. The van der Waals surface area contributed by atoms with Crippen LogP contribution in [0, 0.1) is 12.3 Å². The first kappa shape index (κ1) is 16.9. The smallest absolute Gasteiger partial charge is 0.234 e. The summed E-state index contributed by atoms with van der Waals surface area (Å²) in [7, 11) is 3.21. The van der Waals surface area contributed by atoms with E-state index in [9.17, 15) is 4.79 Å². The molecule has 0 heterocycles. The third-order valence-electron chi connectivity index (χ3n) is 3.06. The molecular weight excluding hydrogens is 268 g/mol. The summed E-state index contributed by atoms with van der Waals surface area (Å²) in [5.74, 6) is 3.69. The number of nitrogens with zero attached hydrogens (tertiary/aromatic N) is 1. The minimum absolute atomic E-state index is 0.0738. The molecule has 0 radical (unpaired) electrons. The Kier molecular flexibility index (Phi) is 7.13. The average Bonchev–Trinajstić information content (AvgIpc) is 2.51. The second-order valence-electron chi connectivity index (χ2n) is 4.47. The van der Waals surface area contributed by atoms with Crippen molar-refractivity contribution in [2.45, 2.75) is 13.5 Å². The Labute approximate surface area is 126 Å². The molecular formula is C16H22N2O3. The number of terminal acetylenes is 1. The van der Waals surface area contributed by atoms with Crippen molar-refractivity contribution in [3.63, 3.8) is 0 Å². The molecule has 0 fully saturated rings. The van der Waals surface area contributed by atoms with Gasteiger partial charge in [-0.15, -0.1) is 6.42 Å². The van der Waals surface area contributed by atoms with E-state index in [1.165, 1.54) is 0 Å². The van der Waals surface area contributed by atoms with E-state index in [1.54, 1.807) is 14.2 Å². The Balaban J connectivity index is 2.69. The van der Waals surface area contributed by atoms with Crippen LogP contribution in [0.25, 0.3) is 0 Å². The van der Waals surface area contributed by atoms with Crippen molar-refractivity contribution >= 4 is 5.91 Å². The van der Waals surface area contributed by atoms with Crippen LogP contribution in [0.4, 0.5) is 0 Å². The second-order valence-corrected chi connectivity index (χ2v) is 4.47. The number of nitrogens with one attached hydrogen (secondary N) is 1. The first-order chi connectivity index (χ1) is 10.1. The number of rotatable bonds is 8. The maximum atomic E-state index is 11.7. The van der Waals surface area contributed by atoms with Gasteiger partial charge in [-0.1, -0.05) is 18.9 Å². The molecule has 1 rings (SSSR count). The molecule has 0 unspecified atom stereocenters. The van der Waals surface area contributed by atoms with Gasteiger partial charge in [-0.2, -0.15) is 0 Å². The summed E-state index contributed by atoms with van der Waals surface area (Å²) in [5.41, 5.74) is 1.05. The van der Waals surface area contributed by atoms with Crippen LogP contribution in [0.5, 0.6) is 11.5 Å². The molecule has 5 nitrogen and oxygen atoms in total. The molecule has 0 bridgehead atoms. The van der Waals surface area contributed by atoms with Gasteiger partial charge < -0.3 is 14.8 Å². The number of carbonyl (C=O) groups is 1. The molecule has 0 aliphatic carbocycles. The summed E-state index contributed by atoms with van der Waals surface area (Å²) in [6.45, 7) is 3.99. The number of benzene rings is 1. The standard InChI is InChI=1S/C16H22N2O3/c1-5-9-17-16(19)12-18(6-2)11-13-7-8-14(20-3)15(10-13)21-4/h1,7-8,10H,6,9,11-12H2,2-4H3,(H,17,19). The molecule has 0 saturated heterocycles. The fourth-order valence-electron chi connectivity index (χ4n) is 1.93. The van der Waals surface area contributed by atoms with Crippen molar-refractivity contribution in [3.8, 4) is 23.8 Å². The molecule has 0 aromatic heterocycles. The fraction of sp³-hybridized carbons (Fsp3) is 0.438. The molecule has 5 heteroatoms. The topological polar surface area (TPSA) is 50.8 Å². The molecule has 21 heavy (non-hydrogen) atoms. The fourth-order valence-corrected chi connectivity index (χ4v) is 1.93. The van der Waals surface area contributed by atoms with Gasteiger partial charge in [0.05, 0.1) is 27.3 Å². The Hall–Kier alpha value is -2.19. The van der Waals surface area contributed by atoms with E-state index in [-0.39, 0.29) is 12.5 Å². The van der Waals surface area contributed by atoms with Gasteiger partial charge in [-0.3, -0.25) is 9.69 Å². The van der Waals surface area contributed by atoms with Crippen LogP contribution in [0.3, 0.4) is 0 Å². The molecule has 0 aliphatic rings. The van der Waals surface area contributed by atoms with Crippen LogP contribution < -0.4 is 14.8 Å².